The van der Waals surface area contributed by atoms with Crippen molar-refractivity contribution < 1.29 is 14.3 Å². The molecule has 0 saturated heterocycles. The summed E-state index contributed by atoms with van der Waals surface area (Å²) in [7, 11) is 0. The highest BCUT2D eigenvalue weighted by molar-refractivity contribution is 9.10. The van der Waals surface area contributed by atoms with E-state index in [-0.39, 0.29) is 11.6 Å². The van der Waals surface area contributed by atoms with Crippen molar-refractivity contribution in [3.8, 4) is 17.1 Å². The van der Waals surface area contributed by atoms with Crippen molar-refractivity contribution in [3.63, 3.8) is 0 Å². The smallest absolute Gasteiger partial charge is 0.378 e. The molecule has 1 aromatic heterocycles. The first-order valence-corrected chi connectivity index (χ1v) is 11.3. The second-order valence-electron chi connectivity index (χ2n) is 6.66. The lowest BCUT2D eigenvalue weighted by Crippen LogP contribution is -2.15. The van der Waals surface area contributed by atoms with Crippen LogP contribution in [0, 0.1) is 0 Å². The van der Waals surface area contributed by atoms with Crippen molar-refractivity contribution >= 4 is 55.2 Å². The summed E-state index contributed by atoms with van der Waals surface area (Å²) in [6.07, 6.45) is 0. The fraction of sp³-hybridized carbons (Fsp3) is 0.0435. The molecule has 0 N–H and O–H groups in total. The minimum absolute atomic E-state index is 0.151. The molecule has 3 aromatic carbocycles. The van der Waals surface area contributed by atoms with Gasteiger partial charge in [-0.05, 0) is 60.7 Å². The quantitative estimate of drug-likeness (QED) is 0.204. The number of aromatic nitrogens is 3. The molecule has 0 unspecified atom stereocenters. The highest BCUT2D eigenvalue weighted by Crippen LogP contribution is 2.24. The van der Waals surface area contributed by atoms with Crippen LogP contribution in [-0.4, -0.2) is 33.1 Å². The second-order valence-corrected chi connectivity index (χ2v) is 8.93. The SMILES string of the molecule is O=C(COC(=O)c1nc(-c2ccc(Cl)cc2)n(-c2ccc(Br)cc2)n1)c1ccc(Br)cc1. The Morgan fingerprint density at radius 2 is 1.47 bits per heavy atom. The van der Waals surface area contributed by atoms with Crippen LogP contribution in [-0.2, 0) is 4.74 Å². The predicted octanol–water partition coefficient (Wildman–Crippen LogP) is 6.15. The molecule has 4 rings (SSSR count). The van der Waals surface area contributed by atoms with Crippen LogP contribution in [0.5, 0.6) is 0 Å². The highest BCUT2D eigenvalue weighted by Gasteiger charge is 2.21. The molecule has 0 bridgehead atoms. The van der Waals surface area contributed by atoms with Gasteiger partial charge in [0.05, 0.1) is 5.69 Å². The lowest BCUT2D eigenvalue weighted by Gasteiger charge is -2.06. The van der Waals surface area contributed by atoms with Crippen LogP contribution in [0.25, 0.3) is 17.1 Å². The van der Waals surface area contributed by atoms with Crippen LogP contribution in [0.2, 0.25) is 5.02 Å². The normalized spacial score (nSPS) is 10.7. The first kappa shape index (κ1) is 22.4. The van der Waals surface area contributed by atoms with Crippen LogP contribution >= 0.6 is 43.5 Å². The number of nitrogens with zero attached hydrogens (tertiary/aromatic N) is 3. The zero-order valence-electron chi connectivity index (χ0n) is 16.3. The number of ketones is 1. The molecule has 0 radical (unpaired) electrons. The molecule has 0 saturated carbocycles. The van der Waals surface area contributed by atoms with Gasteiger partial charge in [-0.15, -0.1) is 5.10 Å². The van der Waals surface area contributed by atoms with Crippen LogP contribution in [0.4, 0.5) is 0 Å². The Balaban J connectivity index is 1.60. The van der Waals surface area contributed by atoms with Gasteiger partial charge in [0.2, 0.25) is 0 Å². The lowest BCUT2D eigenvalue weighted by molar-refractivity contribution is 0.0462. The molecule has 0 aliphatic heterocycles. The number of halogens is 3. The van der Waals surface area contributed by atoms with E-state index in [2.05, 4.69) is 41.9 Å². The standard InChI is InChI=1S/C23H14Br2ClN3O3/c24-16-5-1-14(2-6-16)20(30)13-32-23(31)21-27-22(15-3-9-18(26)10-4-15)29(28-21)19-11-7-17(25)8-12-19/h1-12H,13H2. The molecular formula is C23H14Br2ClN3O3. The Kier molecular flexibility index (Phi) is 6.83. The Hall–Kier alpha value is -2.81. The van der Waals surface area contributed by atoms with E-state index in [4.69, 9.17) is 16.3 Å². The summed E-state index contributed by atoms with van der Waals surface area (Å²) in [6.45, 7) is -0.413. The molecule has 32 heavy (non-hydrogen) atoms. The minimum Gasteiger partial charge on any atom is -0.451 e. The second kappa shape index (κ2) is 9.77. The number of hydrogen-bond acceptors (Lipinski definition) is 5. The Bertz CT molecular complexity index is 1210. The van der Waals surface area contributed by atoms with Crippen molar-refractivity contribution in [1.82, 2.24) is 14.8 Å². The number of rotatable bonds is 6. The van der Waals surface area contributed by atoms with Crippen molar-refractivity contribution in [2.75, 3.05) is 6.61 Å². The number of carbonyl (C=O) groups excluding carboxylic acids is 2. The maximum atomic E-state index is 12.6. The number of benzene rings is 3. The molecule has 0 atom stereocenters. The van der Waals surface area contributed by atoms with Gasteiger partial charge in [0, 0.05) is 25.1 Å². The maximum Gasteiger partial charge on any atom is 0.378 e. The monoisotopic (exact) mass is 573 g/mol. The molecule has 0 spiro atoms. The molecule has 6 nitrogen and oxygen atoms in total. The molecule has 160 valence electrons. The topological polar surface area (TPSA) is 74.1 Å². The molecule has 4 aromatic rings. The van der Waals surface area contributed by atoms with E-state index in [0.29, 0.717) is 22.1 Å². The number of Topliss-reactive ketones (excluding diaryl/α,β-unsaturated/α-hetero) is 1. The third-order valence-electron chi connectivity index (χ3n) is 4.46. The Labute approximate surface area is 205 Å². The van der Waals surface area contributed by atoms with E-state index in [9.17, 15) is 9.59 Å². The summed E-state index contributed by atoms with van der Waals surface area (Å²) in [4.78, 5) is 29.3. The number of esters is 1. The van der Waals surface area contributed by atoms with Crippen molar-refractivity contribution in [1.29, 1.82) is 0 Å². The molecule has 0 amide bonds. The number of carbonyl (C=O) groups is 2. The van der Waals surface area contributed by atoms with Crippen LogP contribution in [0.3, 0.4) is 0 Å². The average Bonchev–Trinajstić information content (AvgIpc) is 3.24. The molecule has 0 aliphatic carbocycles. The van der Waals surface area contributed by atoms with Crippen LogP contribution in [0.1, 0.15) is 21.0 Å². The maximum absolute atomic E-state index is 12.6. The average molecular weight is 576 g/mol. The van der Waals surface area contributed by atoms with Gasteiger partial charge >= 0.3 is 5.97 Å². The summed E-state index contributed by atoms with van der Waals surface area (Å²) in [5.41, 5.74) is 1.86. The summed E-state index contributed by atoms with van der Waals surface area (Å²) < 4.78 is 8.48. The summed E-state index contributed by atoms with van der Waals surface area (Å²) >= 11 is 12.7. The summed E-state index contributed by atoms with van der Waals surface area (Å²) in [5.74, 6) is -0.825. The van der Waals surface area contributed by atoms with Gasteiger partial charge in [0.1, 0.15) is 0 Å². The van der Waals surface area contributed by atoms with Crippen molar-refractivity contribution in [2.45, 2.75) is 0 Å². The Morgan fingerprint density at radius 3 is 2.09 bits per heavy atom. The van der Waals surface area contributed by atoms with Crippen molar-refractivity contribution in [3.05, 3.63) is 98.2 Å². The van der Waals surface area contributed by atoms with E-state index in [1.165, 1.54) is 0 Å². The first-order valence-electron chi connectivity index (χ1n) is 9.35. The van der Waals surface area contributed by atoms with Gasteiger partial charge in [-0.1, -0.05) is 55.6 Å². The van der Waals surface area contributed by atoms with E-state index in [1.54, 1.807) is 53.2 Å². The van der Waals surface area contributed by atoms with E-state index < -0.39 is 12.6 Å². The predicted molar refractivity (Wildman–Crippen MR) is 128 cm³/mol. The van der Waals surface area contributed by atoms with Gasteiger partial charge in [-0.25, -0.2) is 14.5 Å². The zero-order chi connectivity index (χ0) is 22.7. The van der Waals surface area contributed by atoms with Gasteiger partial charge < -0.3 is 4.74 Å². The zero-order valence-corrected chi connectivity index (χ0v) is 20.3. The summed E-state index contributed by atoms with van der Waals surface area (Å²) in [6, 6.07) is 21.2. The van der Waals surface area contributed by atoms with Gasteiger partial charge in [-0.2, -0.15) is 0 Å². The van der Waals surface area contributed by atoms with Crippen molar-refractivity contribution in [2.24, 2.45) is 0 Å². The third-order valence-corrected chi connectivity index (χ3v) is 5.77. The lowest BCUT2D eigenvalue weighted by atomic mass is 10.1. The molecule has 0 fully saturated rings. The fourth-order valence-electron chi connectivity index (χ4n) is 2.86. The van der Waals surface area contributed by atoms with Gasteiger partial charge in [0.15, 0.2) is 18.2 Å². The largest absolute Gasteiger partial charge is 0.451 e. The fourth-order valence-corrected chi connectivity index (χ4v) is 3.52. The van der Waals surface area contributed by atoms with E-state index in [0.717, 1.165) is 14.5 Å². The van der Waals surface area contributed by atoms with Gasteiger partial charge in [0.25, 0.3) is 5.82 Å². The third kappa shape index (κ3) is 5.15. The molecule has 1 heterocycles. The van der Waals surface area contributed by atoms with E-state index in [1.807, 2.05) is 24.3 Å². The molecule has 0 aliphatic rings. The minimum atomic E-state index is -0.790. The van der Waals surface area contributed by atoms with Crippen LogP contribution in [0.15, 0.2) is 81.7 Å². The van der Waals surface area contributed by atoms with E-state index >= 15 is 0 Å². The summed E-state index contributed by atoms with van der Waals surface area (Å²) in [5, 5.41) is 4.91. The Morgan fingerprint density at radius 1 is 0.875 bits per heavy atom. The van der Waals surface area contributed by atoms with Crippen LogP contribution < -0.4 is 0 Å². The first-order chi connectivity index (χ1) is 15.4. The highest BCUT2D eigenvalue weighted by atomic mass is 79.9. The number of ether oxygens (including phenoxy) is 1. The number of hydrogen-bond donors (Lipinski definition) is 0. The molecule has 9 heteroatoms. The molecular weight excluding hydrogens is 562 g/mol. The van der Waals surface area contributed by atoms with Gasteiger partial charge in [-0.3, -0.25) is 4.79 Å².